The van der Waals surface area contributed by atoms with Gasteiger partial charge in [0, 0.05) is 24.3 Å². The maximum absolute atomic E-state index is 13.3. The monoisotopic (exact) mass is 511 g/mol. The molecule has 0 spiro atoms. The van der Waals surface area contributed by atoms with Crippen molar-refractivity contribution in [3.05, 3.63) is 63.5 Å². The van der Waals surface area contributed by atoms with Crippen LogP contribution in [0.2, 0.25) is 0 Å². The first kappa shape index (κ1) is 27.7. The Balaban J connectivity index is 2.18. The van der Waals surface area contributed by atoms with Crippen molar-refractivity contribution < 1.29 is 33.8 Å². The van der Waals surface area contributed by atoms with E-state index in [1.54, 1.807) is 38.1 Å². The molecule has 2 N–H and O–H groups in total. The Labute approximate surface area is 215 Å². The minimum atomic E-state index is -0.891. The van der Waals surface area contributed by atoms with Crippen LogP contribution in [-0.2, 0) is 19.1 Å². The number of hydrogen-bond acceptors (Lipinski definition) is 8. The Morgan fingerprint density at radius 2 is 1.62 bits per heavy atom. The summed E-state index contributed by atoms with van der Waals surface area (Å²) in [5.74, 6) is -3.06. The zero-order valence-electron chi connectivity index (χ0n) is 22.0. The van der Waals surface area contributed by atoms with Crippen molar-refractivity contribution in [3.8, 4) is 0 Å². The average Bonchev–Trinajstić information content (AvgIpc) is 3.35. The van der Waals surface area contributed by atoms with Gasteiger partial charge in [0.1, 0.15) is 11.5 Å². The molecule has 2 aromatic rings. The van der Waals surface area contributed by atoms with Gasteiger partial charge >= 0.3 is 11.9 Å². The second-order valence-electron chi connectivity index (χ2n) is 8.75. The van der Waals surface area contributed by atoms with Crippen molar-refractivity contribution in [2.24, 2.45) is 0 Å². The summed E-state index contributed by atoms with van der Waals surface area (Å²) in [6.07, 6.45) is 0. The second kappa shape index (κ2) is 11.4. The number of nitrogens with zero attached hydrogens (tertiary/aromatic N) is 2. The highest BCUT2D eigenvalue weighted by Crippen LogP contribution is 2.40. The van der Waals surface area contributed by atoms with Crippen molar-refractivity contribution in [1.29, 1.82) is 0 Å². The van der Waals surface area contributed by atoms with Crippen LogP contribution >= 0.6 is 0 Å². The average molecular weight is 512 g/mol. The van der Waals surface area contributed by atoms with E-state index in [0.717, 1.165) is 13.1 Å². The van der Waals surface area contributed by atoms with Crippen LogP contribution in [0, 0.1) is 13.8 Å². The number of methoxy groups -OCH3 is 2. The molecule has 1 aromatic heterocycles. The van der Waals surface area contributed by atoms with Gasteiger partial charge in [-0.2, -0.15) is 0 Å². The van der Waals surface area contributed by atoms with Crippen LogP contribution in [0.15, 0.2) is 29.8 Å². The van der Waals surface area contributed by atoms with E-state index in [2.05, 4.69) is 9.88 Å². The van der Waals surface area contributed by atoms with Crippen molar-refractivity contribution in [2.75, 3.05) is 40.4 Å². The first-order chi connectivity index (χ1) is 17.6. The molecule has 0 aliphatic carbocycles. The third kappa shape index (κ3) is 5.15. The molecule has 2 heterocycles. The van der Waals surface area contributed by atoms with Gasteiger partial charge in [-0.15, -0.1) is 0 Å². The maximum atomic E-state index is 13.3. The number of carbonyl (C=O) groups is 4. The van der Waals surface area contributed by atoms with Gasteiger partial charge in [-0.1, -0.05) is 26.0 Å². The van der Waals surface area contributed by atoms with Crippen molar-refractivity contribution in [2.45, 2.75) is 33.7 Å². The zero-order valence-corrected chi connectivity index (χ0v) is 22.0. The summed E-state index contributed by atoms with van der Waals surface area (Å²) in [5.41, 5.74) is 2.03. The first-order valence-corrected chi connectivity index (χ1v) is 12.1. The molecule has 1 saturated heterocycles. The van der Waals surface area contributed by atoms with E-state index >= 15 is 0 Å². The lowest BCUT2D eigenvalue weighted by Crippen LogP contribution is -2.38. The molecule has 10 heteroatoms. The minimum absolute atomic E-state index is 0.0861. The fraction of sp³-hybridized carbons (Fsp3) is 0.407. The first-order valence-electron chi connectivity index (χ1n) is 12.1. The van der Waals surface area contributed by atoms with Crippen LogP contribution < -0.4 is 0 Å². The van der Waals surface area contributed by atoms with E-state index in [1.807, 2.05) is 13.8 Å². The highest BCUT2D eigenvalue weighted by Gasteiger charge is 2.46. The molecule has 37 heavy (non-hydrogen) atoms. The maximum Gasteiger partial charge on any atom is 0.354 e. The number of H-pyrrole nitrogens is 1. The molecule has 1 aliphatic heterocycles. The number of ketones is 1. The number of likely N-dealkylation sites (tertiary alicyclic amines) is 1. The quantitative estimate of drug-likeness (QED) is 0.228. The number of carbonyl (C=O) groups excluding carboxylic acids is 4. The number of aliphatic hydroxyl groups is 1. The summed E-state index contributed by atoms with van der Waals surface area (Å²) in [6.45, 7) is 9.64. The third-order valence-electron chi connectivity index (χ3n) is 6.80. The third-order valence-corrected chi connectivity index (χ3v) is 6.80. The predicted octanol–water partition coefficient (Wildman–Crippen LogP) is 2.97. The number of likely N-dealkylation sites (N-methyl/N-ethyl adjacent to an activating group) is 1. The number of aryl methyl sites for hydroxylation is 1. The summed E-state index contributed by atoms with van der Waals surface area (Å²) >= 11 is 0. The van der Waals surface area contributed by atoms with E-state index in [4.69, 9.17) is 9.47 Å². The SMILES string of the molecule is CCN(CC)CCN1C(=O)C(=O)/C(=C(/O)c2c(C)[nH]c(C(=O)OC)c2C)[C@@H]1c1ccc(C(=O)OC)cc1. The number of hydrogen-bond donors (Lipinski definition) is 2. The molecule has 1 fully saturated rings. The van der Waals surface area contributed by atoms with Crippen molar-refractivity contribution >= 4 is 29.4 Å². The highest BCUT2D eigenvalue weighted by atomic mass is 16.5. The lowest BCUT2D eigenvalue weighted by Gasteiger charge is -2.28. The van der Waals surface area contributed by atoms with Crippen LogP contribution in [0.3, 0.4) is 0 Å². The molecule has 0 unspecified atom stereocenters. The molecule has 1 aromatic carbocycles. The molecule has 10 nitrogen and oxygen atoms in total. The molecular formula is C27H33N3O7. The molecular weight excluding hydrogens is 478 g/mol. The Hall–Kier alpha value is -3.92. The van der Waals surface area contributed by atoms with Gasteiger partial charge in [0.2, 0.25) is 0 Å². The van der Waals surface area contributed by atoms with Gasteiger partial charge in [0.05, 0.1) is 31.4 Å². The number of rotatable bonds is 9. The lowest BCUT2D eigenvalue weighted by molar-refractivity contribution is -0.140. The molecule has 198 valence electrons. The Kier molecular flexibility index (Phi) is 8.54. The van der Waals surface area contributed by atoms with Crippen molar-refractivity contribution in [3.63, 3.8) is 0 Å². The summed E-state index contributed by atoms with van der Waals surface area (Å²) in [7, 11) is 2.53. The molecule has 3 rings (SSSR count). The van der Waals surface area contributed by atoms with Gasteiger partial charge in [-0.3, -0.25) is 9.59 Å². The fourth-order valence-corrected chi connectivity index (χ4v) is 4.71. The predicted molar refractivity (Wildman–Crippen MR) is 136 cm³/mol. The van der Waals surface area contributed by atoms with Crippen LogP contribution in [0.25, 0.3) is 5.76 Å². The zero-order chi connectivity index (χ0) is 27.4. The Morgan fingerprint density at radius 1 is 1.03 bits per heavy atom. The number of aromatic amines is 1. The summed E-state index contributed by atoms with van der Waals surface area (Å²) in [4.78, 5) is 57.2. The number of esters is 2. The topological polar surface area (TPSA) is 129 Å². The molecule has 0 bridgehead atoms. The van der Waals surface area contributed by atoms with Gasteiger partial charge in [0.25, 0.3) is 11.7 Å². The molecule has 0 saturated carbocycles. The number of benzene rings is 1. The number of amides is 1. The second-order valence-corrected chi connectivity index (χ2v) is 8.75. The smallest absolute Gasteiger partial charge is 0.354 e. The molecule has 0 radical (unpaired) electrons. The Morgan fingerprint density at radius 3 is 2.16 bits per heavy atom. The van der Waals surface area contributed by atoms with E-state index in [-0.39, 0.29) is 29.1 Å². The van der Waals surface area contributed by atoms with Crippen molar-refractivity contribution in [1.82, 2.24) is 14.8 Å². The van der Waals surface area contributed by atoms with E-state index in [9.17, 15) is 24.3 Å². The number of ether oxygens (including phenoxy) is 2. The van der Waals surface area contributed by atoms with Crippen LogP contribution in [-0.4, -0.2) is 83.9 Å². The van der Waals surface area contributed by atoms with Gasteiger partial charge in [-0.25, -0.2) is 9.59 Å². The standard InChI is InChI=1S/C27H33N3O7/c1-7-29(8-2)13-14-30-22(17-9-11-18(12-10-17)26(34)36-5)20(24(32)25(30)33)23(31)19-15(3)21(27(35)37-6)28-16(19)4/h9-12,22,28,31H,7-8,13-14H2,1-6H3/b23-20+/t22-/m0/s1. The van der Waals surface area contributed by atoms with Crippen LogP contribution in [0.4, 0.5) is 0 Å². The number of nitrogens with one attached hydrogen (secondary N) is 1. The van der Waals surface area contributed by atoms with Gasteiger partial charge in [-0.05, 0) is 50.2 Å². The van der Waals surface area contributed by atoms with E-state index in [0.29, 0.717) is 28.9 Å². The molecule has 1 atom stereocenters. The highest BCUT2D eigenvalue weighted by molar-refractivity contribution is 6.46. The largest absolute Gasteiger partial charge is 0.507 e. The van der Waals surface area contributed by atoms with E-state index in [1.165, 1.54) is 19.1 Å². The number of Topliss-reactive ketones (excluding diaryl/α,β-unsaturated/α-hetero) is 1. The number of aliphatic hydroxyl groups excluding tert-OH is 1. The van der Waals surface area contributed by atoms with Gasteiger partial charge in [0.15, 0.2) is 0 Å². The normalized spacial score (nSPS) is 16.9. The number of aromatic nitrogens is 1. The fourth-order valence-electron chi connectivity index (χ4n) is 4.71. The molecule has 1 aliphatic rings. The summed E-state index contributed by atoms with van der Waals surface area (Å²) in [5, 5.41) is 11.5. The molecule has 1 amide bonds. The van der Waals surface area contributed by atoms with E-state index < -0.39 is 29.7 Å². The lowest BCUT2D eigenvalue weighted by atomic mass is 9.93. The summed E-state index contributed by atoms with van der Waals surface area (Å²) in [6, 6.07) is 5.48. The Bertz CT molecular complexity index is 1240. The van der Waals surface area contributed by atoms with Crippen LogP contribution in [0.5, 0.6) is 0 Å². The minimum Gasteiger partial charge on any atom is -0.507 e. The van der Waals surface area contributed by atoms with Crippen LogP contribution in [0.1, 0.15) is 63.1 Å². The summed E-state index contributed by atoms with van der Waals surface area (Å²) < 4.78 is 9.58. The van der Waals surface area contributed by atoms with Gasteiger partial charge < -0.3 is 29.4 Å².